The maximum Gasteiger partial charge on any atom is 0.212 e. The highest BCUT2D eigenvalue weighted by atomic mass is 19.1. The Morgan fingerprint density at radius 1 is 1.04 bits per heavy atom. The fourth-order valence-electron chi connectivity index (χ4n) is 3.20. The third kappa shape index (κ3) is 2.99. The van der Waals surface area contributed by atoms with Gasteiger partial charge in [-0.1, -0.05) is 24.3 Å². The van der Waals surface area contributed by atoms with Crippen LogP contribution in [0, 0.1) is 12.9 Å². The number of rotatable bonds is 3. The van der Waals surface area contributed by atoms with Crippen molar-refractivity contribution in [1.29, 1.82) is 0 Å². The van der Waals surface area contributed by atoms with Gasteiger partial charge in [-0.3, -0.25) is 4.79 Å². The first-order chi connectivity index (χ1) is 13.5. The molecule has 0 aliphatic heterocycles. The van der Waals surface area contributed by atoms with E-state index in [-0.39, 0.29) is 22.1 Å². The molecule has 28 heavy (non-hydrogen) atoms. The van der Waals surface area contributed by atoms with Gasteiger partial charge < -0.3 is 14.3 Å². The molecule has 0 unspecified atom stereocenters. The Balaban J connectivity index is 1.81. The summed E-state index contributed by atoms with van der Waals surface area (Å²) in [5.41, 5.74) is 2.70. The SMILES string of the molecule is COc1c(C)cc(O)c2oc(-c3ccc(-c4ccc(F)nc4)cc3)cc(=O)c12. The summed E-state index contributed by atoms with van der Waals surface area (Å²) in [7, 11) is 1.47. The maximum absolute atomic E-state index is 13.0. The molecule has 4 aromatic rings. The third-order valence-electron chi connectivity index (χ3n) is 4.55. The van der Waals surface area contributed by atoms with E-state index < -0.39 is 5.95 Å². The van der Waals surface area contributed by atoms with Gasteiger partial charge >= 0.3 is 0 Å². The summed E-state index contributed by atoms with van der Waals surface area (Å²) in [4.78, 5) is 16.3. The number of fused-ring (bicyclic) bond motifs is 1. The topological polar surface area (TPSA) is 72.6 Å². The van der Waals surface area contributed by atoms with Crippen molar-refractivity contribution in [3.63, 3.8) is 0 Å². The van der Waals surface area contributed by atoms with Gasteiger partial charge in [-0.2, -0.15) is 4.39 Å². The summed E-state index contributed by atoms with van der Waals surface area (Å²) >= 11 is 0. The number of nitrogens with zero attached hydrogens (tertiary/aromatic N) is 1. The summed E-state index contributed by atoms with van der Waals surface area (Å²) in [5, 5.41) is 10.5. The first kappa shape index (κ1) is 17.7. The van der Waals surface area contributed by atoms with Gasteiger partial charge in [-0.05, 0) is 36.2 Å². The largest absolute Gasteiger partial charge is 0.504 e. The Kier molecular flexibility index (Phi) is 4.31. The molecule has 2 heterocycles. The second-order valence-corrected chi connectivity index (χ2v) is 6.37. The molecular weight excluding hydrogens is 361 g/mol. The van der Waals surface area contributed by atoms with Crippen LogP contribution >= 0.6 is 0 Å². The lowest BCUT2D eigenvalue weighted by Crippen LogP contribution is -2.04. The number of methoxy groups -OCH3 is 1. The van der Waals surface area contributed by atoms with E-state index in [4.69, 9.17) is 9.15 Å². The van der Waals surface area contributed by atoms with E-state index in [1.54, 1.807) is 25.1 Å². The van der Waals surface area contributed by atoms with Crippen LogP contribution in [0.2, 0.25) is 0 Å². The van der Waals surface area contributed by atoms with Crippen molar-refractivity contribution in [1.82, 2.24) is 4.98 Å². The highest BCUT2D eigenvalue weighted by Crippen LogP contribution is 2.36. The van der Waals surface area contributed by atoms with Crippen molar-refractivity contribution >= 4 is 11.0 Å². The van der Waals surface area contributed by atoms with Gasteiger partial charge in [-0.15, -0.1) is 0 Å². The summed E-state index contributed by atoms with van der Waals surface area (Å²) in [6.45, 7) is 1.74. The number of aromatic nitrogens is 1. The number of phenolic OH excluding ortho intramolecular Hbond substituents is 1. The number of benzene rings is 2. The maximum atomic E-state index is 13.0. The lowest BCUT2D eigenvalue weighted by molar-refractivity contribution is 0.412. The van der Waals surface area contributed by atoms with Gasteiger partial charge in [0, 0.05) is 23.4 Å². The highest BCUT2D eigenvalue weighted by Gasteiger charge is 2.17. The van der Waals surface area contributed by atoms with E-state index in [2.05, 4.69) is 4.98 Å². The van der Waals surface area contributed by atoms with Gasteiger partial charge in [0.15, 0.2) is 16.8 Å². The van der Waals surface area contributed by atoms with Crippen LogP contribution < -0.4 is 10.2 Å². The van der Waals surface area contributed by atoms with Crippen LogP contribution in [0.3, 0.4) is 0 Å². The third-order valence-corrected chi connectivity index (χ3v) is 4.55. The zero-order chi connectivity index (χ0) is 19.8. The second-order valence-electron chi connectivity index (χ2n) is 6.37. The standard InChI is InChI=1S/C22H16FNO4/c1-12-9-17(26)22-20(21(12)27-2)16(25)10-18(28-22)14-5-3-13(4-6-14)15-7-8-19(23)24-11-15/h3-11,26H,1-2H3. The summed E-state index contributed by atoms with van der Waals surface area (Å²) in [6, 6.07) is 13.0. The van der Waals surface area contributed by atoms with Crippen molar-refractivity contribution < 1.29 is 18.7 Å². The zero-order valence-corrected chi connectivity index (χ0v) is 15.2. The van der Waals surface area contributed by atoms with Crippen LogP contribution in [0.15, 0.2) is 63.9 Å². The smallest absolute Gasteiger partial charge is 0.212 e. The quantitative estimate of drug-likeness (QED) is 0.525. The van der Waals surface area contributed by atoms with Gasteiger partial charge in [0.05, 0.1) is 7.11 Å². The Labute approximate surface area is 159 Å². The minimum Gasteiger partial charge on any atom is -0.504 e. The molecular formula is C22H16FNO4. The number of aryl methyl sites for hydroxylation is 1. The second kappa shape index (κ2) is 6.81. The van der Waals surface area contributed by atoms with Gasteiger partial charge in [0.25, 0.3) is 0 Å². The molecule has 0 bridgehead atoms. The molecule has 1 N–H and O–H groups in total. The van der Waals surface area contributed by atoms with Gasteiger partial charge in [-0.25, -0.2) is 4.98 Å². The lowest BCUT2D eigenvalue weighted by atomic mass is 10.0. The molecule has 0 saturated heterocycles. The fourth-order valence-corrected chi connectivity index (χ4v) is 3.20. The number of halogens is 1. The van der Waals surface area contributed by atoms with Crippen molar-refractivity contribution in [2.45, 2.75) is 6.92 Å². The number of phenols is 1. The molecule has 0 amide bonds. The first-order valence-corrected chi connectivity index (χ1v) is 8.54. The van der Waals surface area contributed by atoms with E-state index in [0.717, 1.165) is 11.1 Å². The molecule has 0 aliphatic rings. The number of pyridine rings is 1. The Bertz CT molecular complexity index is 1230. The van der Waals surface area contributed by atoms with Crippen LogP contribution in [0.25, 0.3) is 33.4 Å². The minimum absolute atomic E-state index is 0.0803. The molecule has 0 aliphatic carbocycles. The number of hydrogen-bond donors (Lipinski definition) is 1. The van der Waals surface area contributed by atoms with Crippen LogP contribution in [-0.4, -0.2) is 17.2 Å². The first-order valence-electron chi connectivity index (χ1n) is 8.54. The minimum atomic E-state index is -0.538. The number of aromatic hydroxyl groups is 1. The Hall–Kier alpha value is -3.67. The molecule has 140 valence electrons. The van der Waals surface area contributed by atoms with Crippen molar-refractivity contribution in [2.75, 3.05) is 7.11 Å². The summed E-state index contributed by atoms with van der Waals surface area (Å²) < 4.78 is 24.1. The predicted molar refractivity (Wildman–Crippen MR) is 104 cm³/mol. The molecule has 0 saturated carbocycles. The van der Waals surface area contributed by atoms with E-state index in [1.807, 2.05) is 12.1 Å². The van der Waals surface area contributed by atoms with Crippen LogP contribution in [-0.2, 0) is 0 Å². The van der Waals surface area contributed by atoms with Crippen molar-refractivity contribution in [3.05, 3.63) is 76.5 Å². The van der Waals surface area contributed by atoms with E-state index in [1.165, 1.54) is 31.5 Å². The van der Waals surface area contributed by atoms with Gasteiger partial charge in [0.1, 0.15) is 16.9 Å². The highest BCUT2D eigenvalue weighted by molar-refractivity contribution is 5.90. The van der Waals surface area contributed by atoms with E-state index >= 15 is 0 Å². The molecule has 2 aromatic carbocycles. The van der Waals surface area contributed by atoms with Crippen molar-refractivity contribution in [2.24, 2.45) is 0 Å². The molecule has 5 nitrogen and oxygen atoms in total. The monoisotopic (exact) mass is 377 g/mol. The molecule has 0 atom stereocenters. The molecule has 4 rings (SSSR count). The molecule has 6 heteroatoms. The molecule has 2 aromatic heterocycles. The van der Waals surface area contributed by atoms with Crippen LogP contribution in [0.5, 0.6) is 11.5 Å². The van der Waals surface area contributed by atoms with E-state index in [0.29, 0.717) is 22.6 Å². The molecule has 0 fully saturated rings. The van der Waals surface area contributed by atoms with Crippen molar-refractivity contribution in [3.8, 4) is 33.9 Å². The normalized spacial score (nSPS) is 11.0. The zero-order valence-electron chi connectivity index (χ0n) is 15.2. The number of ether oxygens (including phenoxy) is 1. The average Bonchev–Trinajstić information content (AvgIpc) is 2.69. The Morgan fingerprint density at radius 2 is 1.71 bits per heavy atom. The summed E-state index contributed by atoms with van der Waals surface area (Å²) in [6.07, 6.45) is 1.45. The van der Waals surface area contributed by atoms with E-state index in [9.17, 15) is 14.3 Å². The molecule has 0 spiro atoms. The lowest BCUT2D eigenvalue weighted by Gasteiger charge is -2.11. The van der Waals surface area contributed by atoms with Crippen LogP contribution in [0.1, 0.15) is 5.56 Å². The van der Waals surface area contributed by atoms with Gasteiger partial charge in [0.2, 0.25) is 5.95 Å². The number of hydrogen-bond acceptors (Lipinski definition) is 5. The molecule has 0 radical (unpaired) electrons. The average molecular weight is 377 g/mol. The fraction of sp³-hybridized carbons (Fsp3) is 0.0909. The summed E-state index contributed by atoms with van der Waals surface area (Å²) in [5.74, 6) is 0.0415. The Morgan fingerprint density at radius 3 is 2.36 bits per heavy atom. The predicted octanol–water partition coefficient (Wildman–Crippen LogP) is 4.68. The van der Waals surface area contributed by atoms with Crippen LogP contribution in [0.4, 0.5) is 4.39 Å².